The van der Waals surface area contributed by atoms with E-state index in [1.165, 1.54) is 7.11 Å². The van der Waals surface area contributed by atoms with Gasteiger partial charge >= 0.3 is 5.97 Å². The van der Waals surface area contributed by atoms with Gasteiger partial charge in [0.25, 0.3) is 5.91 Å². The zero-order valence-corrected chi connectivity index (χ0v) is 15.6. The zero-order chi connectivity index (χ0) is 18.6. The SMILES string of the molecule is CCCCn1nc(C(=O)N[C@H](C(=O)OC)C(C)(C)C)c2ccccc21. The molecule has 2 rings (SSSR count). The summed E-state index contributed by atoms with van der Waals surface area (Å²) in [4.78, 5) is 24.9. The number of amides is 1. The molecule has 0 unspecified atom stereocenters. The van der Waals surface area contributed by atoms with Crippen molar-refractivity contribution in [3.8, 4) is 0 Å². The van der Waals surface area contributed by atoms with Crippen LogP contribution in [0.4, 0.5) is 0 Å². The lowest BCUT2D eigenvalue weighted by molar-refractivity contribution is -0.145. The Kier molecular flexibility index (Phi) is 5.82. The molecular weight excluding hydrogens is 318 g/mol. The average Bonchev–Trinajstić information content (AvgIpc) is 2.95. The molecule has 1 aromatic heterocycles. The molecule has 25 heavy (non-hydrogen) atoms. The minimum atomic E-state index is -0.746. The van der Waals surface area contributed by atoms with Gasteiger partial charge in [-0.2, -0.15) is 5.10 Å². The summed E-state index contributed by atoms with van der Waals surface area (Å²) < 4.78 is 6.70. The predicted octanol–water partition coefficient (Wildman–Crippen LogP) is 3.15. The van der Waals surface area contributed by atoms with Crippen molar-refractivity contribution in [3.63, 3.8) is 0 Å². The Morgan fingerprint density at radius 2 is 1.96 bits per heavy atom. The number of benzene rings is 1. The van der Waals surface area contributed by atoms with Gasteiger partial charge in [-0.3, -0.25) is 9.48 Å². The van der Waals surface area contributed by atoms with Crippen LogP contribution in [-0.4, -0.2) is 34.8 Å². The smallest absolute Gasteiger partial charge is 0.328 e. The van der Waals surface area contributed by atoms with Crippen molar-refractivity contribution in [2.45, 2.75) is 53.1 Å². The quantitative estimate of drug-likeness (QED) is 0.816. The van der Waals surface area contributed by atoms with E-state index in [2.05, 4.69) is 17.3 Å². The molecule has 0 bridgehead atoms. The molecule has 1 atom stereocenters. The molecule has 0 fully saturated rings. The number of unbranched alkanes of at least 4 members (excludes halogenated alkanes) is 1. The van der Waals surface area contributed by atoms with Crippen molar-refractivity contribution < 1.29 is 14.3 Å². The Morgan fingerprint density at radius 3 is 2.56 bits per heavy atom. The number of fused-ring (bicyclic) bond motifs is 1. The van der Waals surface area contributed by atoms with Gasteiger partial charge in [-0.25, -0.2) is 4.79 Å². The number of carbonyl (C=O) groups excluding carboxylic acids is 2. The Balaban J connectivity index is 2.37. The summed E-state index contributed by atoms with van der Waals surface area (Å²) in [5, 5.41) is 8.08. The van der Waals surface area contributed by atoms with Crippen molar-refractivity contribution in [1.29, 1.82) is 0 Å². The highest BCUT2D eigenvalue weighted by Crippen LogP contribution is 2.23. The first-order chi connectivity index (χ1) is 11.8. The first-order valence-corrected chi connectivity index (χ1v) is 8.63. The lowest BCUT2D eigenvalue weighted by Crippen LogP contribution is -2.49. The standard InChI is InChI=1S/C19H27N3O3/c1-6-7-12-22-14-11-9-8-10-13(14)15(21-22)17(23)20-16(18(24)25-5)19(2,3)4/h8-11,16H,6-7,12H2,1-5H3,(H,20,23)/t16-/m1/s1. The molecule has 1 amide bonds. The van der Waals surface area contributed by atoms with Crippen LogP contribution in [0.25, 0.3) is 10.9 Å². The van der Waals surface area contributed by atoms with Gasteiger partial charge in [0.15, 0.2) is 5.69 Å². The molecular formula is C19H27N3O3. The lowest BCUT2D eigenvalue weighted by atomic mass is 9.86. The monoisotopic (exact) mass is 345 g/mol. The van der Waals surface area contributed by atoms with E-state index in [9.17, 15) is 9.59 Å². The number of nitrogens with zero attached hydrogens (tertiary/aromatic N) is 2. The van der Waals surface area contributed by atoms with Crippen molar-refractivity contribution in [2.24, 2.45) is 5.41 Å². The Bertz CT molecular complexity index is 759. The third-order valence-corrected chi connectivity index (χ3v) is 4.17. The molecule has 0 aliphatic rings. The van der Waals surface area contributed by atoms with Crippen molar-refractivity contribution in [1.82, 2.24) is 15.1 Å². The maximum Gasteiger partial charge on any atom is 0.328 e. The Hall–Kier alpha value is -2.37. The van der Waals surface area contributed by atoms with Crippen molar-refractivity contribution in [3.05, 3.63) is 30.0 Å². The predicted molar refractivity (Wildman–Crippen MR) is 97.4 cm³/mol. The third kappa shape index (κ3) is 4.18. The van der Waals surface area contributed by atoms with Gasteiger partial charge in [-0.15, -0.1) is 0 Å². The first kappa shape index (κ1) is 19.0. The first-order valence-electron chi connectivity index (χ1n) is 8.63. The van der Waals surface area contributed by atoms with E-state index in [0.29, 0.717) is 5.69 Å². The highest BCUT2D eigenvalue weighted by Gasteiger charge is 2.34. The van der Waals surface area contributed by atoms with Gasteiger partial charge in [0.1, 0.15) is 6.04 Å². The molecule has 6 heteroatoms. The fourth-order valence-electron chi connectivity index (χ4n) is 2.72. The molecule has 1 heterocycles. The topological polar surface area (TPSA) is 73.2 Å². The minimum absolute atomic E-state index is 0.338. The minimum Gasteiger partial charge on any atom is -0.467 e. The largest absolute Gasteiger partial charge is 0.467 e. The van der Waals surface area contributed by atoms with Crippen LogP contribution in [0.5, 0.6) is 0 Å². The van der Waals surface area contributed by atoms with Crippen LogP contribution in [-0.2, 0) is 16.1 Å². The van der Waals surface area contributed by atoms with E-state index in [-0.39, 0.29) is 5.91 Å². The molecule has 2 aromatic rings. The number of ether oxygens (including phenoxy) is 1. The van der Waals surface area contributed by atoms with Crippen LogP contribution < -0.4 is 5.32 Å². The molecule has 1 N–H and O–H groups in total. The fraction of sp³-hybridized carbons (Fsp3) is 0.526. The molecule has 136 valence electrons. The second kappa shape index (κ2) is 7.68. The van der Waals surface area contributed by atoms with E-state index in [1.54, 1.807) is 0 Å². The van der Waals surface area contributed by atoms with Gasteiger partial charge in [0.05, 0.1) is 12.6 Å². The Labute approximate surface area is 148 Å². The average molecular weight is 345 g/mol. The van der Waals surface area contributed by atoms with E-state index in [1.807, 2.05) is 49.7 Å². The van der Waals surface area contributed by atoms with Crippen LogP contribution >= 0.6 is 0 Å². The molecule has 0 saturated carbocycles. The number of carbonyl (C=O) groups is 2. The van der Waals surface area contributed by atoms with Crippen LogP contribution in [0.3, 0.4) is 0 Å². The second-order valence-corrected chi connectivity index (χ2v) is 7.24. The third-order valence-electron chi connectivity index (χ3n) is 4.17. The molecule has 0 spiro atoms. The number of rotatable bonds is 6. The maximum atomic E-state index is 12.8. The highest BCUT2D eigenvalue weighted by molar-refractivity contribution is 6.06. The summed E-state index contributed by atoms with van der Waals surface area (Å²) in [6, 6.07) is 6.90. The van der Waals surface area contributed by atoms with E-state index in [4.69, 9.17) is 4.74 Å². The summed E-state index contributed by atoms with van der Waals surface area (Å²) in [6.45, 7) is 8.51. The van der Waals surface area contributed by atoms with Crippen LogP contribution in [0.15, 0.2) is 24.3 Å². The molecule has 0 aliphatic carbocycles. The summed E-state index contributed by atoms with van der Waals surface area (Å²) >= 11 is 0. The second-order valence-electron chi connectivity index (χ2n) is 7.24. The number of aromatic nitrogens is 2. The normalized spacial score (nSPS) is 12.8. The van der Waals surface area contributed by atoms with Gasteiger partial charge < -0.3 is 10.1 Å². The van der Waals surface area contributed by atoms with Gasteiger partial charge in [0.2, 0.25) is 0 Å². The number of para-hydroxylation sites is 1. The highest BCUT2D eigenvalue weighted by atomic mass is 16.5. The van der Waals surface area contributed by atoms with Gasteiger partial charge in [-0.1, -0.05) is 52.3 Å². The fourth-order valence-corrected chi connectivity index (χ4v) is 2.72. The summed E-state index contributed by atoms with van der Waals surface area (Å²) in [6.07, 6.45) is 2.03. The summed E-state index contributed by atoms with van der Waals surface area (Å²) in [5.74, 6) is -0.827. The van der Waals surface area contributed by atoms with Crippen molar-refractivity contribution >= 4 is 22.8 Å². The lowest BCUT2D eigenvalue weighted by Gasteiger charge is -2.28. The number of aryl methyl sites for hydroxylation is 1. The zero-order valence-electron chi connectivity index (χ0n) is 15.6. The molecule has 0 radical (unpaired) electrons. The van der Waals surface area contributed by atoms with E-state index < -0.39 is 17.4 Å². The van der Waals surface area contributed by atoms with Crippen molar-refractivity contribution in [2.75, 3.05) is 7.11 Å². The van der Waals surface area contributed by atoms with Crippen LogP contribution in [0, 0.1) is 5.41 Å². The number of esters is 1. The number of nitrogens with one attached hydrogen (secondary N) is 1. The number of methoxy groups -OCH3 is 1. The van der Waals surface area contributed by atoms with Gasteiger partial charge in [-0.05, 0) is 17.9 Å². The Morgan fingerprint density at radius 1 is 1.28 bits per heavy atom. The van der Waals surface area contributed by atoms with E-state index in [0.717, 1.165) is 30.3 Å². The van der Waals surface area contributed by atoms with Crippen LogP contribution in [0.2, 0.25) is 0 Å². The van der Waals surface area contributed by atoms with E-state index >= 15 is 0 Å². The number of hydrogen-bond acceptors (Lipinski definition) is 4. The molecule has 1 aromatic carbocycles. The molecule has 0 aliphatic heterocycles. The molecule has 0 saturated heterocycles. The number of hydrogen-bond donors (Lipinski definition) is 1. The molecule has 6 nitrogen and oxygen atoms in total. The summed E-state index contributed by atoms with van der Waals surface area (Å²) in [7, 11) is 1.32. The van der Waals surface area contributed by atoms with Gasteiger partial charge in [0, 0.05) is 11.9 Å². The van der Waals surface area contributed by atoms with Crippen LogP contribution in [0.1, 0.15) is 51.0 Å². The summed E-state index contributed by atoms with van der Waals surface area (Å²) in [5.41, 5.74) is 0.792. The maximum absolute atomic E-state index is 12.8.